The minimum absolute atomic E-state index is 0. The standard InChI is InChI=1S/C6H10O6.4Ac/c7-1-2-3(8)4(9)5(10)6(11)12-2;;;;/h2-5,7-10H,1H2;;;;/t2?,3-,4?,5?;;;;/m1..../s1. The first-order chi connectivity index (χ1) is 5.57. The normalized spacial score (nSPS) is 31.9. The van der Waals surface area contributed by atoms with Crippen molar-refractivity contribution in [3.63, 3.8) is 0 Å². The predicted molar refractivity (Wildman–Crippen MR) is 35.0 cm³/mol. The van der Waals surface area contributed by atoms with Crippen LogP contribution in [0.4, 0.5) is 0 Å². The topological polar surface area (TPSA) is 107 Å². The van der Waals surface area contributed by atoms with E-state index in [0.717, 1.165) is 0 Å². The Morgan fingerprint density at radius 3 is 1.81 bits per heavy atom. The van der Waals surface area contributed by atoms with Crippen molar-refractivity contribution in [1.29, 1.82) is 0 Å². The number of carbonyl (C=O) groups is 1. The number of carbonyl (C=O) groups excluding carboxylic acids is 1. The molecule has 10 heteroatoms. The smallest absolute Gasteiger partial charge is 0.338 e. The molecule has 0 aromatic heterocycles. The maximum absolute atomic E-state index is 10.7. The first-order valence-electron chi connectivity index (χ1n) is 3.43. The maximum Gasteiger partial charge on any atom is 0.338 e. The van der Waals surface area contributed by atoms with E-state index in [9.17, 15) is 4.79 Å². The third-order valence-electron chi connectivity index (χ3n) is 1.74. The van der Waals surface area contributed by atoms with Gasteiger partial charge in [-0.05, 0) is 0 Å². The molecular formula is C6H10Ac4O6. The first kappa shape index (κ1) is 29.1. The fraction of sp³-hybridized carbons (Fsp3) is 0.833. The van der Waals surface area contributed by atoms with Crippen molar-refractivity contribution >= 4 is 5.97 Å². The Kier molecular flexibility index (Phi) is 27.3. The SMILES string of the molecule is O=C1OC(CO)[C@@H](O)C(O)C1O.[Ac].[Ac].[Ac].[Ac]. The molecule has 1 rings (SSSR count). The van der Waals surface area contributed by atoms with Crippen LogP contribution in [0.3, 0.4) is 0 Å². The van der Waals surface area contributed by atoms with Gasteiger partial charge in [-0.15, -0.1) is 0 Å². The van der Waals surface area contributed by atoms with Gasteiger partial charge in [-0.3, -0.25) is 0 Å². The summed E-state index contributed by atoms with van der Waals surface area (Å²) in [5.74, 6) is -1.04. The zero-order chi connectivity index (χ0) is 9.30. The summed E-state index contributed by atoms with van der Waals surface area (Å²) in [5, 5.41) is 35.5. The van der Waals surface area contributed by atoms with E-state index in [-0.39, 0.29) is 176 Å². The average Bonchev–Trinajstić information content (AvgIpc) is 2.08. The fourth-order valence-electron chi connectivity index (χ4n) is 0.980. The van der Waals surface area contributed by atoms with Crippen LogP contribution in [0.2, 0.25) is 0 Å². The van der Waals surface area contributed by atoms with Gasteiger partial charge in [0, 0.05) is 176 Å². The molecule has 1 saturated heterocycles. The molecule has 82 valence electrons. The second kappa shape index (κ2) is 15.0. The number of esters is 1. The monoisotopic (exact) mass is 1090 g/mol. The first-order valence-corrected chi connectivity index (χ1v) is 3.43. The van der Waals surface area contributed by atoms with Gasteiger partial charge in [0.1, 0.15) is 12.2 Å². The molecular weight excluding hydrogens is 1080 g/mol. The van der Waals surface area contributed by atoms with Crippen LogP contribution in [0.5, 0.6) is 0 Å². The number of hydrogen-bond acceptors (Lipinski definition) is 6. The van der Waals surface area contributed by atoms with Gasteiger partial charge >= 0.3 is 5.97 Å². The summed E-state index contributed by atoms with van der Waals surface area (Å²) in [6, 6.07) is 0. The van der Waals surface area contributed by atoms with Crippen molar-refractivity contribution in [2.45, 2.75) is 24.4 Å². The Bertz CT molecular complexity index is 192. The van der Waals surface area contributed by atoms with E-state index in [1.54, 1.807) is 0 Å². The van der Waals surface area contributed by atoms with Crippen LogP contribution in [0.25, 0.3) is 0 Å². The summed E-state index contributed by atoms with van der Waals surface area (Å²) in [7, 11) is 0. The van der Waals surface area contributed by atoms with Crippen LogP contribution in [0, 0.1) is 176 Å². The van der Waals surface area contributed by atoms with Gasteiger partial charge in [-0.2, -0.15) is 0 Å². The molecule has 4 atom stereocenters. The molecule has 1 heterocycles. The molecule has 0 amide bonds. The van der Waals surface area contributed by atoms with E-state index in [1.807, 2.05) is 0 Å². The van der Waals surface area contributed by atoms with Gasteiger partial charge in [-0.25, -0.2) is 4.79 Å². The molecule has 1 aliphatic heterocycles. The Morgan fingerprint density at radius 2 is 1.44 bits per heavy atom. The van der Waals surface area contributed by atoms with Crippen molar-refractivity contribution < 1.29 is 206 Å². The molecule has 4 N–H and O–H groups in total. The van der Waals surface area contributed by atoms with Crippen molar-refractivity contribution in [2.24, 2.45) is 0 Å². The third kappa shape index (κ3) is 8.50. The van der Waals surface area contributed by atoms with Crippen molar-refractivity contribution in [3.8, 4) is 0 Å². The predicted octanol–water partition coefficient (Wildman–Crippen LogP) is -3.01. The number of ether oxygens (including phenoxy) is 1. The molecule has 0 aliphatic carbocycles. The number of cyclic esters (lactones) is 1. The van der Waals surface area contributed by atoms with Gasteiger partial charge < -0.3 is 25.2 Å². The Hall–Kier alpha value is 5.08. The van der Waals surface area contributed by atoms with Gasteiger partial charge in [0.05, 0.1) is 6.61 Å². The molecule has 0 bridgehead atoms. The molecule has 1 fully saturated rings. The molecule has 3 unspecified atom stereocenters. The summed E-state index contributed by atoms with van der Waals surface area (Å²) in [6.45, 7) is -0.587. The van der Waals surface area contributed by atoms with E-state index in [4.69, 9.17) is 20.4 Å². The summed E-state index contributed by atoms with van der Waals surface area (Å²) in [5.41, 5.74) is 0. The van der Waals surface area contributed by atoms with Gasteiger partial charge in [0.15, 0.2) is 12.2 Å². The maximum atomic E-state index is 10.7. The van der Waals surface area contributed by atoms with Crippen molar-refractivity contribution in [2.75, 3.05) is 6.61 Å². The summed E-state index contributed by atoms with van der Waals surface area (Å²) in [6.07, 6.45) is -5.93. The number of aliphatic hydroxyl groups is 4. The number of rotatable bonds is 1. The van der Waals surface area contributed by atoms with Crippen LogP contribution in [-0.2, 0) is 9.53 Å². The van der Waals surface area contributed by atoms with E-state index < -0.39 is 37.0 Å². The third-order valence-corrected chi connectivity index (χ3v) is 1.74. The second-order valence-corrected chi connectivity index (χ2v) is 2.58. The largest absolute Gasteiger partial charge is 0.455 e. The quantitative estimate of drug-likeness (QED) is 0.209. The van der Waals surface area contributed by atoms with Gasteiger partial charge in [0.25, 0.3) is 0 Å². The molecule has 0 aromatic carbocycles. The fourth-order valence-corrected chi connectivity index (χ4v) is 0.980. The van der Waals surface area contributed by atoms with Crippen molar-refractivity contribution in [1.82, 2.24) is 0 Å². The zero-order valence-electron chi connectivity index (χ0n) is 8.43. The van der Waals surface area contributed by atoms with Crippen LogP contribution in [0.15, 0.2) is 0 Å². The van der Waals surface area contributed by atoms with E-state index in [0.29, 0.717) is 0 Å². The molecule has 16 heavy (non-hydrogen) atoms. The minimum Gasteiger partial charge on any atom is -0.455 e. The molecule has 4 radical (unpaired) electrons. The minimum atomic E-state index is -1.73. The van der Waals surface area contributed by atoms with Crippen LogP contribution < -0.4 is 0 Å². The van der Waals surface area contributed by atoms with Gasteiger partial charge in [-0.1, -0.05) is 0 Å². The van der Waals surface area contributed by atoms with Crippen LogP contribution >= 0.6 is 0 Å². The molecule has 0 aromatic rings. The molecule has 0 spiro atoms. The van der Waals surface area contributed by atoms with Crippen LogP contribution in [-0.4, -0.2) is 57.4 Å². The molecule has 6 nitrogen and oxygen atoms in total. The number of hydrogen-bond donors (Lipinski definition) is 4. The summed E-state index contributed by atoms with van der Waals surface area (Å²) < 4.78 is 4.38. The average molecular weight is 1090 g/mol. The van der Waals surface area contributed by atoms with E-state index >= 15 is 0 Å². The van der Waals surface area contributed by atoms with E-state index in [1.165, 1.54) is 0 Å². The Labute approximate surface area is 236 Å². The Balaban J connectivity index is -0.000000180. The number of aliphatic hydroxyl groups excluding tert-OH is 4. The summed E-state index contributed by atoms with van der Waals surface area (Å²) in [4.78, 5) is 10.7. The van der Waals surface area contributed by atoms with Gasteiger partial charge in [0.2, 0.25) is 0 Å². The summed E-state index contributed by atoms with van der Waals surface area (Å²) >= 11 is 0. The molecule has 0 saturated carbocycles. The zero-order valence-corrected chi connectivity index (χ0v) is 27.4. The molecule has 1 aliphatic rings. The van der Waals surface area contributed by atoms with Crippen LogP contribution in [0.1, 0.15) is 0 Å². The van der Waals surface area contributed by atoms with E-state index in [2.05, 4.69) is 4.74 Å². The van der Waals surface area contributed by atoms with Crippen molar-refractivity contribution in [3.05, 3.63) is 0 Å². The second-order valence-electron chi connectivity index (χ2n) is 2.58. The Morgan fingerprint density at radius 1 is 1.00 bits per heavy atom.